The summed E-state index contributed by atoms with van der Waals surface area (Å²) in [6.45, 7) is 8.03. The van der Waals surface area contributed by atoms with Crippen molar-refractivity contribution in [2.75, 3.05) is 0 Å². The van der Waals surface area contributed by atoms with Crippen molar-refractivity contribution < 1.29 is 9.84 Å². The lowest BCUT2D eigenvalue weighted by Crippen LogP contribution is -2.40. The summed E-state index contributed by atoms with van der Waals surface area (Å²) in [6, 6.07) is 0. The second kappa shape index (κ2) is 5.31. The number of rotatable bonds is 3. The van der Waals surface area contributed by atoms with Gasteiger partial charge in [-0.3, -0.25) is 0 Å². The van der Waals surface area contributed by atoms with Gasteiger partial charge in [-0.2, -0.15) is 0 Å². The van der Waals surface area contributed by atoms with Crippen molar-refractivity contribution in [3.63, 3.8) is 0 Å². The summed E-state index contributed by atoms with van der Waals surface area (Å²) in [5, 5.41) is 9.80. The van der Waals surface area contributed by atoms with Gasteiger partial charge < -0.3 is 9.84 Å². The molecule has 0 aromatic carbocycles. The molecule has 0 aromatic heterocycles. The first-order valence-electron chi connectivity index (χ1n) is 6.26. The smallest absolute Gasteiger partial charge is 0.0866 e. The second-order valence-electron chi connectivity index (χ2n) is 5.83. The Morgan fingerprint density at radius 2 is 1.67 bits per heavy atom. The standard InChI is InChI=1S/C13H26O2/c1-10(14)12(15-13(2,3)4)11-8-6-5-7-9-11/h10-12,14H,5-9H2,1-4H3. The van der Waals surface area contributed by atoms with Gasteiger partial charge in [0, 0.05) is 0 Å². The van der Waals surface area contributed by atoms with E-state index in [1.807, 2.05) is 6.92 Å². The largest absolute Gasteiger partial charge is 0.391 e. The lowest BCUT2D eigenvalue weighted by Gasteiger charge is -2.36. The van der Waals surface area contributed by atoms with E-state index in [9.17, 15) is 5.11 Å². The van der Waals surface area contributed by atoms with E-state index in [2.05, 4.69) is 20.8 Å². The summed E-state index contributed by atoms with van der Waals surface area (Å²) in [5.74, 6) is 0.554. The van der Waals surface area contributed by atoms with Crippen LogP contribution in [-0.2, 0) is 4.74 Å². The zero-order valence-corrected chi connectivity index (χ0v) is 10.6. The minimum atomic E-state index is -0.354. The normalized spacial score (nSPS) is 23.8. The van der Waals surface area contributed by atoms with E-state index in [1.54, 1.807) is 0 Å². The van der Waals surface area contributed by atoms with Gasteiger partial charge in [-0.05, 0) is 46.5 Å². The van der Waals surface area contributed by atoms with Crippen LogP contribution in [-0.4, -0.2) is 22.9 Å². The second-order valence-corrected chi connectivity index (χ2v) is 5.83. The predicted molar refractivity (Wildman–Crippen MR) is 62.9 cm³/mol. The van der Waals surface area contributed by atoms with Gasteiger partial charge in [0.05, 0.1) is 17.8 Å². The summed E-state index contributed by atoms with van der Waals surface area (Å²) in [6.07, 6.45) is 6.02. The lowest BCUT2D eigenvalue weighted by molar-refractivity contribution is -0.134. The number of hydrogen-bond acceptors (Lipinski definition) is 2. The third-order valence-corrected chi connectivity index (χ3v) is 3.08. The van der Waals surface area contributed by atoms with Crippen molar-refractivity contribution in [1.29, 1.82) is 0 Å². The topological polar surface area (TPSA) is 29.5 Å². The van der Waals surface area contributed by atoms with Crippen LogP contribution in [0.1, 0.15) is 59.8 Å². The Labute approximate surface area is 94.0 Å². The molecule has 1 aliphatic rings. The van der Waals surface area contributed by atoms with Crippen LogP contribution in [0.2, 0.25) is 0 Å². The van der Waals surface area contributed by atoms with Crippen LogP contribution in [0, 0.1) is 5.92 Å². The molecule has 2 nitrogen and oxygen atoms in total. The molecule has 0 aliphatic heterocycles. The molecular weight excluding hydrogens is 188 g/mol. The molecule has 0 spiro atoms. The summed E-state index contributed by atoms with van der Waals surface area (Å²) in [5.41, 5.74) is -0.154. The molecule has 1 aliphatic carbocycles. The quantitative estimate of drug-likeness (QED) is 0.782. The Balaban J connectivity index is 2.56. The SMILES string of the molecule is CC(O)C(OC(C)(C)C)C1CCCCC1. The summed E-state index contributed by atoms with van der Waals surface area (Å²) < 4.78 is 5.99. The average Bonchev–Trinajstić information content (AvgIpc) is 2.14. The maximum atomic E-state index is 9.80. The molecule has 1 N–H and O–H groups in total. The Bertz CT molecular complexity index is 175. The maximum absolute atomic E-state index is 9.80. The third-order valence-electron chi connectivity index (χ3n) is 3.08. The highest BCUT2D eigenvalue weighted by Crippen LogP contribution is 2.31. The van der Waals surface area contributed by atoms with Gasteiger partial charge in [-0.25, -0.2) is 0 Å². The zero-order valence-electron chi connectivity index (χ0n) is 10.6. The average molecular weight is 214 g/mol. The van der Waals surface area contributed by atoms with Gasteiger partial charge in [0.1, 0.15) is 0 Å². The van der Waals surface area contributed by atoms with E-state index in [1.165, 1.54) is 32.1 Å². The first-order valence-corrected chi connectivity index (χ1v) is 6.26. The van der Waals surface area contributed by atoms with Crippen molar-refractivity contribution in [3.8, 4) is 0 Å². The fraction of sp³-hybridized carbons (Fsp3) is 1.00. The van der Waals surface area contributed by atoms with Crippen molar-refractivity contribution in [1.82, 2.24) is 0 Å². The van der Waals surface area contributed by atoms with Crippen molar-refractivity contribution in [3.05, 3.63) is 0 Å². The fourth-order valence-electron chi connectivity index (χ4n) is 2.46. The first kappa shape index (κ1) is 13.0. The summed E-state index contributed by atoms with van der Waals surface area (Å²) in [4.78, 5) is 0. The van der Waals surface area contributed by atoms with E-state index in [0.717, 1.165) is 0 Å². The zero-order chi connectivity index (χ0) is 11.5. The van der Waals surface area contributed by atoms with Gasteiger partial charge in [0.25, 0.3) is 0 Å². The molecule has 1 rings (SSSR count). The minimum absolute atomic E-state index is 0.0188. The molecule has 0 heterocycles. The Kier molecular flexibility index (Phi) is 4.60. The molecule has 1 fully saturated rings. The van der Waals surface area contributed by atoms with Crippen LogP contribution < -0.4 is 0 Å². The highest BCUT2D eigenvalue weighted by atomic mass is 16.5. The highest BCUT2D eigenvalue weighted by molar-refractivity contribution is 4.80. The Hall–Kier alpha value is -0.0800. The predicted octanol–water partition coefficient (Wildman–Crippen LogP) is 3.13. The van der Waals surface area contributed by atoms with Gasteiger partial charge in [-0.15, -0.1) is 0 Å². The van der Waals surface area contributed by atoms with E-state index in [4.69, 9.17) is 4.74 Å². The molecule has 2 unspecified atom stereocenters. The van der Waals surface area contributed by atoms with Gasteiger partial charge >= 0.3 is 0 Å². The third kappa shape index (κ3) is 4.52. The van der Waals surface area contributed by atoms with Gasteiger partial charge in [0.2, 0.25) is 0 Å². The van der Waals surface area contributed by atoms with E-state index in [0.29, 0.717) is 5.92 Å². The van der Waals surface area contributed by atoms with Crippen LogP contribution in [0.3, 0.4) is 0 Å². The highest BCUT2D eigenvalue weighted by Gasteiger charge is 2.31. The molecule has 0 bridgehead atoms. The van der Waals surface area contributed by atoms with E-state index in [-0.39, 0.29) is 17.8 Å². The van der Waals surface area contributed by atoms with Gasteiger partial charge in [-0.1, -0.05) is 19.3 Å². The van der Waals surface area contributed by atoms with Crippen LogP contribution in [0.5, 0.6) is 0 Å². The van der Waals surface area contributed by atoms with Gasteiger partial charge in [0.15, 0.2) is 0 Å². The molecule has 0 saturated heterocycles. The first-order chi connectivity index (χ1) is 6.90. The monoisotopic (exact) mass is 214 g/mol. The molecule has 90 valence electrons. The maximum Gasteiger partial charge on any atom is 0.0866 e. The summed E-state index contributed by atoms with van der Waals surface area (Å²) in [7, 11) is 0. The number of aliphatic hydroxyl groups is 1. The van der Waals surface area contributed by atoms with Crippen LogP contribution >= 0.6 is 0 Å². The van der Waals surface area contributed by atoms with Crippen molar-refractivity contribution in [2.45, 2.75) is 77.6 Å². The van der Waals surface area contributed by atoms with E-state index >= 15 is 0 Å². The van der Waals surface area contributed by atoms with E-state index < -0.39 is 0 Å². The summed E-state index contributed by atoms with van der Waals surface area (Å²) >= 11 is 0. The number of ether oxygens (including phenoxy) is 1. The molecule has 2 atom stereocenters. The Morgan fingerprint density at radius 3 is 2.07 bits per heavy atom. The molecule has 1 saturated carbocycles. The minimum Gasteiger partial charge on any atom is -0.391 e. The molecule has 0 radical (unpaired) electrons. The molecule has 0 amide bonds. The Morgan fingerprint density at radius 1 is 1.13 bits per heavy atom. The lowest BCUT2D eigenvalue weighted by atomic mass is 9.83. The van der Waals surface area contributed by atoms with Crippen LogP contribution in [0.15, 0.2) is 0 Å². The molecule has 15 heavy (non-hydrogen) atoms. The molecule has 2 heteroatoms. The van der Waals surface area contributed by atoms with Crippen LogP contribution in [0.25, 0.3) is 0 Å². The fourth-order valence-corrected chi connectivity index (χ4v) is 2.46. The van der Waals surface area contributed by atoms with Crippen molar-refractivity contribution >= 4 is 0 Å². The van der Waals surface area contributed by atoms with Crippen LogP contribution in [0.4, 0.5) is 0 Å². The number of hydrogen-bond donors (Lipinski definition) is 1. The molecular formula is C13H26O2. The number of aliphatic hydroxyl groups excluding tert-OH is 1. The molecule has 0 aromatic rings. The van der Waals surface area contributed by atoms with Crippen molar-refractivity contribution in [2.24, 2.45) is 5.92 Å².